The minimum Gasteiger partial charge on any atom is -0.388 e. The molecule has 2 N–H and O–H groups in total. The molecule has 0 amide bonds. The SMILES string of the molecule is CNCC(C)(O)Cc1nc(C(C)(C)C)cs1. The first-order valence-corrected chi connectivity index (χ1v) is 6.44. The number of aliphatic hydroxyl groups is 1. The Morgan fingerprint density at radius 3 is 2.44 bits per heavy atom. The first kappa shape index (κ1) is 13.6. The molecule has 3 nitrogen and oxygen atoms in total. The number of nitrogens with zero attached hydrogens (tertiary/aromatic N) is 1. The predicted molar refractivity (Wildman–Crippen MR) is 69.1 cm³/mol. The first-order valence-electron chi connectivity index (χ1n) is 5.56. The van der Waals surface area contributed by atoms with Crippen molar-refractivity contribution in [3.8, 4) is 0 Å². The average molecular weight is 242 g/mol. The van der Waals surface area contributed by atoms with Gasteiger partial charge in [-0.05, 0) is 14.0 Å². The molecule has 1 aromatic rings. The Hall–Kier alpha value is -0.450. The lowest BCUT2D eigenvalue weighted by Gasteiger charge is -2.21. The van der Waals surface area contributed by atoms with E-state index in [9.17, 15) is 5.11 Å². The van der Waals surface area contributed by atoms with Crippen molar-refractivity contribution in [2.24, 2.45) is 0 Å². The molecule has 0 aliphatic carbocycles. The van der Waals surface area contributed by atoms with Gasteiger partial charge in [0.1, 0.15) is 0 Å². The number of aromatic nitrogens is 1. The molecule has 0 aliphatic rings. The summed E-state index contributed by atoms with van der Waals surface area (Å²) in [6.07, 6.45) is 0.606. The molecule has 1 aromatic heterocycles. The van der Waals surface area contributed by atoms with Crippen LogP contribution in [0.25, 0.3) is 0 Å². The van der Waals surface area contributed by atoms with E-state index in [-0.39, 0.29) is 5.41 Å². The van der Waals surface area contributed by atoms with Gasteiger partial charge in [-0.3, -0.25) is 0 Å². The van der Waals surface area contributed by atoms with Crippen LogP contribution in [-0.2, 0) is 11.8 Å². The van der Waals surface area contributed by atoms with Crippen LogP contribution in [0.15, 0.2) is 5.38 Å². The zero-order valence-electron chi connectivity index (χ0n) is 10.8. The average Bonchev–Trinajstić information content (AvgIpc) is 2.50. The highest BCUT2D eigenvalue weighted by Gasteiger charge is 2.23. The number of rotatable bonds is 4. The monoisotopic (exact) mass is 242 g/mol. The molecule has 92 valence electrons. The van der Waals surface area contributed by atoms with E-state index < -0.39 is 5.60 Å². The summed E-state index contributed by atoms with van der Waals surface area (Å²) in [5, 5.41) is 16.2. The van der Waals surface area contributed by atoms with Gasteiger partial charge in [-0.2, -0.15) is 0 Å². The Morgan fingerprint density at radius 1 is 1.38 bits per heavy atom. The van der Waals surface area contributed by atoms with Gasteiger partial charge in [-0.25, -0.2) is 4.98 Å². The quantitative estimate of drug-likeness (QED) is 0.848. The summed E-state index contributed by atoms with van der Waals surface area (Å²) in [5.74, 6) is 0. The van der Waals surface area contributed by atoms with Crippen LogP contribution in [0.2, 0.25) is 0 Å². The van der Waals surface area contributed by atoms with Gasteiger partial charge in [0, 0.05) is 23.8 Å². The van der Waals surface area contributed by atoms with Crippen molar-refractivity contribution < 1.29 is 5.11 Å². The second-order valence-corrected chi connectivity index (χ2v) is 6.52. The molecule has 1 rings (SSSR count). The van der Waals surface area contributed by atoms with Crippen molar-refractivity contribution in [3.05, 3.63) is 16.1 Å². The summed E-state index contributed by atoms with van der Waals surface area (Å²) >= 11 is 1.63. The molecule has 0 spiro atoms. The molecule has 1 heterocycles. The lowest BCUT2D eigenvalue weighted by atomic mass is 9.93. The van der Waals surface area contributed by atoms with Crippen LogP contribution >= 0.6 is 11.3 Å². The molecule has 0 radical (unpaired) electrons. The summed E-state index contributed by atoms with van der Waals surface area (Å²) in [6.45, 7) is 8.87. The third-order valence-electron chi connectivity index (χ3n) is 2.41. The Balaban J connectivity index is 2.73. The minimum absolute atomic E-state index is 0.0869. The maximum Gasteiger partial charge on any atom is 0.0957 e. The highest BCUT2D eigenvalue weighted by molar-refractivity contribution is 7.09. The topological polar surface area (TPSA) is 45.1 Å². The second kappa shape index (κ2) is 4.82. The van der Waals surface area contributed by atoms with Crippen molar-refractivity contribution in [2.75, 3.05) is 13.6 Å². The van der Waals surface area contributed by atoms with Crippen molar-refractivity contribution in [3.63, 3.8) is 0 Å². The van der Waals surface area contributed by atoms with Crippen molar-refractivity contribution in [2.45, 2.75) is 45.1 Å². The van der Waals surface area contributed by atoms with Gasteiger partial charge in [0.15, 0.2) is 0 Å². The van der Waals surface area contributed by atoms with Gasteiger partial charge >= 0.3 is 0 Å². The van der Waals surface area contributed by atoms with Crippen LogP contribution in [0.1, 0.15) is 38.4 Å². The smallest absolute Gasteiger partial charge is 0.0957 e. The summed E-state index contributed by atoms with van der Waals surface area (Å²) < 4.78 is 0. The molecule has 16 heavy (non-hydrogen) atoms. The largest absolute Gasteiger partial charge is 0.388 e. The van der Waals surface area contributed by atoms with Crippen LogP contribution in [0, 0.1) is 0 Å². The molecule has 1 atom stereocenters. The van der Waals surface area contributed by atoms with Gasteiger partial charge in [0.25, 0.3) is 0 Å². The Labute approximate surface area is 102 Å². The van der Waals surface area contributed by atoms with Gasteiger partial charge in [0.2, 0.25) is 0 Å². The normalized spacial score (nSPS) is 16.1. The molecule has 0 saturated heterocycles. The highest BCUT2D eigenvalue weighted by Crippen LogP contribution is 2.25. The van der Waals surface area contributed by atoms with E-state index in [0.717, 1.165) is 10.7 Å². The molecule has 1 unspecified atom stereocenters. The fraction of sp³-hybridized carbons (Fsp3) is 0.750. The van der Waals surface area contributed by atoms with Gasteiger partial charge in [-0.15, -0.1) is 11.3 Å². The Bertz CT molecular complexity index is 339. The molecule has 4 heteroatoms. The minimum atomic E-state index is -0.720. The standard InChI is InChI=1S/C12H22N2OS/c1-11(2,3)9-7-16-10(14-9)6-12(4,15)8-13-5/h7,13,15H,6,8H2,1-5H3. The van der Waals surface area contributed by atoms with Crippen molar-refractivity contribution in [1.29, 1.82) is 0 Å². The Kier molecular flexibility index (Phi) is 4.10. The maximum atomic E-state index is 10.1. The van der Waals surface area contributed by atoms with E-state index in [4.69, 9.17) is 0 Å². The number of hydrogen-bond acceptors (Lipinski definition) is 4. The highest BCUT2D eigenvalue weighted by atomic mass is 32.1. The van der Waals surface area contributed by atoms with E-state index in [1.165, 1.54) is 0 Å². The van der Waals surface area contributed by atoms with Gasteiger partial charge in [0.05, 0.1) is 16.3 Å². The fourth-order valence-electron chi connectivity index (χ4n) is 1.51. The number of thiazole rings is 1. The van der Waals surface area contributed by atoms with E-state index in [2.05, 4.69) is 36.5 Å². The van der Waals surface area contributed by atoms with Crippen LogP contribution in [0.5, 0.6) is 0 Å². The van der Waals surface area contributed by atoms with E-state index >= 15 is 0 Å². The van der Waals surface area contributed by atoms with Crippen LogP contribution in [0.4, 0.5) is 0 Å². The molecule has 0 aliphatic heterocycles. The lowest BCUT2D eigenvalue weighted by molar-refractivity contribution is 0.0621. The van der Waals surface area contributed by atoms with Crippen molar-refractivity contribution >= 4 is 11.3 Å². The van der Waals surface area contributed by atoms with Crippen LogP contribution in [-0.4, -0.2) is 29.3 Å². The molecule has 0 aromatic carbocycles. The van der Waals surface area contributed by atoms with Crippen LogP contribution in [0.3, 0.4) is 0 Å². The molecule has 0 saturated carbocycles. The summed E-state index contributed by atoms with van der Waals surface area (Å²) in [6, 6.07) is 0. The number of nitrogens with one attached hydrogen (secondary N) is 1. The zero-order valence-corrected chi connectivity index (χ0v) is 11.6. The summed E-state index contributed by atoms with van der Waals surface area (Å²) in [4.78, 5) is 4.58. The predicted octanol–water partition coefficient (Wildman–Crippen LogP) is 1.95. The molecule has 0 fully saturated rings. The summed E-state index contributed by atoms with van der Waals surface area (Å²) in [5.41, 5.74) is 0.471. The number of hydrogen-bond donors (Lipinski definition) is 2. The summed E-state index contributed by atoms with van der Waals surface area (Å²) in [7, 11) is 1.84. The fourth-order valence-corrected chi connectivity index (χ4v) is 2.70. The number of likely N-dealkylation sites (N-methyl/N-ethyl adjacent to an activating group) is 1. The third kappa shape index (κ3) is 3.85. The molecule has 0 bridgehead atoms. The zero-order chi connectivity index (χ0) is 12.4. The molecular formula is C12H22N2OS. The Morgan fingerprint density at radius 2 is 2.00 bits per heavy atom. The van der Waals surface area contributed by atoms with E-state index in [1.54, 1.807) is 11.3 Å². The van der Waals surface area contributed by atoms with Gasteiger partial charge in [-0.1, -0.05) is 20.8 Å². The van der Waals surface area contributed by atoms with E-state index in [0.29, 0.717) is 13.0 Å². The molecular weight excluding hydrogens is 220 g/mol. The second-order valence-electron chi connectivity index (χ2n) is 5.58. The maximum absolute atomic E-state index is 10.1. The van der Waals surface area contributed by atoms with Crippen LogP contribution < -0.4 is 5.32 Å². The van der Waals surface area contributed by atoms with Gasteiger partial charge < -0.3 is 10.4 Å². The first-order chi connectivity index (χ1) is 7.24. The lowest BCUT2D eigenvalue weighted by Crippen LogP contribution is -2.38. The van der Waals surface area contributed by atoms with Crippen molar-refractivity contribution in [1.82, 2.24) is 10.3 Å². The van der Waals surface area contributed by atoms with E-state index in [1.807, 2.05) is 14.0 Å². The third-order valence-corrected chi connectivity index (χ3v) is 3.26.